The Kier molecular flexibility index (Phi) is 3.23. The van der Waals surface area contributed by atoms with Gasteiger partial charge in [0.25, 0.3) is 0 Å². The molecule has 5 heteroatoms. The zero-order valence-corrected chi connectivity index (χ0v) is 9.67. The third-order valence-corrected chi connectivity index (χ3v) is 2.69. The summed E-state index contributed by atoms with van der Waals surface area (Å²) >= 11 is 3.37. The molecule has 15 heavy (non-hydrogen) atoms. The minimum Gasteiger partial charge on any atom is -0.353 e. The van der Waals surface area contributed by atoms with Gasteiger partial charge in [-0.1, -0.05) is 15.9 Å². The molecule has 3 N–H and O–H groups in total. The number of benzene rings is 1. The summed E-state index contributed by atoms with van der Waals surface area (Å²) in [4.78, 5) is 11.1. The molecule has 0 saturated carbocycles. The first-order valence-electron chi connectivity index (χ1n) is 4.79. The van der Waals surface area contributed by atoms with Crippen LogP contribution in [-0.2, 0) is 4.79 Å². The highest BCUT2D eigenvalue weighted by atomic mass is 79.9. The minimum atomic E-state index is -0.174. The number of rotatable bonds is 2. The summed E-state index contributed by atoms with van der Waals surface area (Å²) in [6, 6.07) is 7.80. The van der Waals surface area contributed by atoms with Crippen molar-refractivity contribution in [2.24, 2.45) is 0 Å². The van der Waals surface area contributed by atoms with Crippen LogP contribution in [0.5, 0.6) is 0 Å². The average molecular weight is 270 g/mol. The van der Waals surface area contributed by atoms with E-state index in [2.05, 4.69) is 31.9 Å². The van der Waals surface area contributed by atoms with Gasteiger partial charge in [0.2, 0.25) is 5.91 Å². The minimum absolute atomic E-state index is 0.0726. The maximum atomic E-state index is 11.1. The molecule has 1 fully saturated rings. The standard InChI is InChI=1S/C10H12BrN3O/c11-7-1-3-8(4-2-7)13-10-12-6-5-9(15)14-10/h1-4,10,12-13H,5-6H2,(H,14,15). The van der Waals surface area contributed by atoms with Crippen LogP contribution in [0.1, 0.15) is 6.42 Å². The largest absolute Gasteiger partial charge is 0.353 e. The quantitative estimate of drug-likeness (QED) is 0.758. The van der Waals surface area contributed by atoms with Crippen molar-refractivity contribution in [3.05, 3.63) is 28.7 Å². The van der Waals surface area contributed by atoms with Gasteiger partial charge < -0.3 is 10.6 Å². The predicted octanol–water partition coefficient (Wildman–Crippen LogP) is 1.25. The Balaban J connectivity index is 1.96. The van der Waals surface area contributed by atoms with E-state index in [9.17, 15) is 4.79 Å². The number of amides is 1. The zero-order valence-electron chi connectivity index (χ0n) is 8.09. The number of carbonyl (C=O) groups is 1. The van der Waals surface area contributed by atoms with Crippen LogP contribution < -0.4 is 16.0 Å². The van der Waals surface area contributed by atoms with Crippen LogP contribution in [0.4, 0.5) is 5.69 Å². The first kappa shape index (κ1) is 10.4. The molecule has 1 amide bonds. The van der Waals surface area contributed by atoms with Crippen LogP contribution in [0.25, 0.3) is 0 Å². The second kappa shape index (κ2) is 4.63. The first-order valence-corrected chi connectivity index (χ1v) is 5.58. The maximum absolute atomic E-state index is 11.1. The summed E-state index contributed by atoms with van der Waals surface area (Å²) in [7, 11) is 0. The van der Waals surface area contributed by atoms with Crippen LogP contribution in [0, 0.1) is 0 Å². The fraction of sp³-hybridized carbons (Fsp3) is 0.300. The van der Waals surface area contributed by atoms with Crippen LogP contribution in [0.3, 0.4) is 0 Å². The number of hydrogen-bond donors (Lipinski definition) is 3. The molecule has 0 aromatic heterocycles. The van der Waals surface area contributed by atoms with Crippen molar-refractivity contribution in [2.75, 3.05) is 11.9 Å². The molecule has 0 aliphatic carbocycles. The van der Waals surface area contributed by atoms with Crippen LogP contribution in [0.15, 0.2) is 28.7 Å². The Bertz CT molecular complexity index is 352. The van der Waals surface area contributed by atoms with Crippen LogP contribution in [-0.4, -0.2) is 18.7 Å². The molecular formula is C10H12BrN3O. The van der Waals surface area contributed by atoms with Crippen LogP contribution in [0.2, 0.25) is 0 Å². The molecule has 1 aromatic rings. The van der Waals surface area contributed by atoms with Gasteiger partial charge in [-0.05, 0) is 24.3 Å². The van der Waals surface area contributed by atoms with Crippen molar-refractivity contribution in [3.63, 3.8) is 0 Å². The lowest BCUT2D eigenvalue weighted by atomic mass is 10.3. The molecular weight excluding hydrogens is 258 g/mol. The first-order chi connectivity index (χ1) is 7.24. The smallest absolute Gasteiger partial charge is 0.223 e. The molecule has 0 spiro atoms. The van der Waals surface area contributed by atoms with E-state index in [1.165, 1.54) is 0 Å². The van der Waals surface area contributed by atoms with Crippen molar-refractivity contribution in [2.45, 2.75) is 12.7 Å². The number of anilines is 1. The molecule has 1 heterocycles. The summed E-state index contributed by atoms with van der Waals surface area (Å²) in [6.45, 7) is 0.708. The second-order valence-corrected chi connectivity index (χ2v) is 4.27. The monoisotopic (exact) mass is 269 g/mol. The highest BCUT2D eigenvalue weighted by Crippen LogP contribution is 2.14. The Morgan fingerprint density at radius 3 is 2.73 bits per heavy atom. The molecule has 1 saturated heterocycles. The summed E-state index contributed by atoms with van der Waals surface area (Å²) in [5.41, 5.74) is 0.970. The molecule has 1 unspecified atom stereocenters. The van der Waals surface area contributed by atoms with E-state index in [4.69, 9.17) is 0 Å². The van der Waals surface area contributed by atoms with Crippen LogP contribution >= 0.6 is 15.9 Å². The van der Waals surface area contributed by atoms with Gasteiger partial charge in [0.05, 0.1) is 0 Å². The number of carbonyl (C=O) groups excluding carboxylic acids is 1. The lowest BCUT2D eigenvalue weighted by Crippen LogP contribution is -2.55. The molecule has 80 valence electrons. The Morgan fingerprint density at radius 1 is 1.33 bits per heavy atom. The Hall–Kier alpha value is -1.07. The van der Waals surface area contributed by atoms with Crippen molar-refractivity contribution in [1.29, 1.82) is 0 Å². The third-order valence-electron chi connectivity index (χ3n) is 2.16. The SMILES string of the molecule is O=C1CCNC(Nc2ccc(Br)cc2)N1. The van der Waals surface area contributed by atoms with Gasteiger partial charge in [0, 0.05) is 23.1 Å². The predicted molar refractivity (Wildman–Crippen MR) is 62.3 cm³/mol. The lowest BCUT2D eigenvalue weighted by Gasteiger charge is -2.26. The third kappa shape index (κ3) is 2.94. The zero-order chi connectivity index (χ0) is 10.7. The van der Waals surface area contributed by atoms with Crippen molar-refractivity contribution >= 4 is 27.5 Å². The van der Waals surface area contributed by atoms with Gasteiger partial charge in [-0.15, -0.1) is 0 Å². The normalized spacial score (nSPS) is 20.9. The van der Waals surface area contributed by atoms with Gasteiger partial charge in [0.1, 0.15) is 0 Å². The molecule has 1 aliphatic rings. The van der Waals surface area contributed by atoms with E-state index in [0.29, 0.717) is 13.0 Å². The number of hydrogen-bond acceptors (Lipinski definition) is 3. The maximum Gasteiger partial charge on any atom is 0.223 e. The highest BCUT2D eigenvalue weighted by molar-refractivity contribution is 9.10. The van der Waals surface area contributed by atoms with Gasteiger partial charge in [-0.25, -0.2) is 0 Å². The topological polar surface area (TPSA) is 53.2 Å². The number of nitrogens with one attached hydrogen (secondary N) is 3. The van der Waals surface area contributed by atoms with E-state index in [1.807, 2.05) is 24.3 Å². The van der Waals surface area contributed by atoms with E-state index < -0.39 is 0 Å². The fourth-order valence-electron chi connectivity index (χ4n) is 1.41. The molecule has 2 rings (SSSR count). The molecule has 0 radical (unpaired) electrons. The fourth-order valence-corrected chi connectivity index (χ4v) is 1.68. The summed E-state index contributed by atoms with van der Waals surface area (Å²) in [5.74, 6) is 0.0726. The lowest BCUT2D eigenvalue weighted by molar-refractivity contribution is -0.123. The second-order valence-electron chi connectivity index (χ2n) is 3.36. The van der Waals surface area contributed by atoms with Gasteiger partial charge in [0.15, 0.2) is 6.29 Å². The Labute approximate surface area is 96.6 Å². The summed E-state index contributed by atoms with van der Waals surface area (Å²) in [6.07, 6.45) is 0.367. The van der Waals surface area contributed by atoms with Gasteiger partial charge in [-0.2, -0.15) is 0 Å². The summed E-state index contributed by atoms with van der Waals surface area (Å²) in [5, 5.41) is 9.14. The summed E-state index contributed by atoms with van der Waals surface area (Å²) < 4.78 is 1.04. The molecule has 1 atom stereocenters. The van der Waals surface area contributed by atoms with E-state index >= 15 is 0 Å². The van der Waals surface area contributed by atoms with E-state index in [0.717, 1.165) is 10.2 Å². The molecule has 1 aromatic carbocycles. The highest BCUT2D eigenvalue weighted by Gasteiger charge is 2.16. The molecule has 1 aliphatic heterocycles. The van der Waals surface area contributed by atoms with E-state index in [1.54, 1.807) is 0 Å². The van der Waals surface area contributed by atoms with E-state index in [-0.39, 0.29) is 12.2 Å². The molecule has 4 nitrogen and oxygen atoms in total. The van der Waals surface area contributed by atoms with Gasteiger partial charge in [-0.3, -0.25) is 10.1 Å². The number of halogens is 1. The average Bonchev–Trinajstić information content (AvgIpc) is 2.22. The molecule has 0 bridgehead atoms. The van der Waals surface area contributed by atoms with Gasteiger partial charge >= 0.3 is 0 Å². The Morgan fingerprint density at radius 2 is 2.07 bits per heavy atom. The van der Waals surface area contributed by atoms with Crippen molar-refractivity contribution < 1.29 is 4.79 Å². The van der Waals surface area contributed by atoms with Crippen molar-refractivity contribution in [1.82, 2.24) is 10.6 Å². The van der Waals surface area contributed by atoms with Crippen molar-refractivity contribution in [3.8, 4) is 0 Å².